The van der Waals surface area contributed by atoms with Crippen LogP contribution in [0.3, 0.4) is 0 Å². The van der Waals surface area contributed by atoms with Crippen molar-refractivity contribution in [3.05, 3.63) is 62.9 Å². The number of benzene rings is 1. The molecule has 0 amide bonds. The monoisotopic (exact) mass is 273 g/mol. The fraction of sp³-hybridized carbons (Fsp3) is 0.333. The fourth-order valence-corrected chi connectivity index (χ4v) is 2.68. The van der Waals surface area contributed by atoms with Gasteiger partial charge in [-0.05, 0) is 48.4 Å². The first kappa shape index (κ1) is 12.9. The van der Waals surface area contributed by atoms with E-state index in [4.69, 9.17) is 4.42 Å². The molecule has 1 aromatic heterocycles. The van der Waals surface area contributed by atoms with Crippen molar-refractivity contribution in [1.82, 2.24) is 0 Å². The van der Waals surface area contributed by atoms with Crippen LogP contribution in [0.1, 0.15) is 41.4 Å². The number of furan rings is 1. The van der Waals surface area contributed by atoms with Crippen molar-refractivity contribution in [3.8, 4) is 0 Å². The zero-order chi connectivity index (χ0) is 14.1. The molecular formula is C15H15NO4. The lowest BCUT2D eigenvalue weighted by Crippen LogP contribution is -2.05. The molecule has 0 spiro atoms. The van der Waals surface area contributed by atoms with E-state index in [1.165, 1.54) is 36.1 Å². The van der Waals surface area contributed by atoms with E-state index < -0.39 is 11.0 Å². The smallest absolute Gasteiger partial charge is 0.403 e. The van der Waals surface area contributed by atoms with Crippen molar-refractivity contribution >= 4 is 5.88 Å². The largest absolute Gasteiger partial charge is 0.433 e. The maximum absolute atomic E-state index is 10.6. The number of fused-ring (bicyclic) bond motifs is 1. The van der Waals surface area contributed by atoms with Crippen molar-refractivity contribution in [2.24, 2.45) is 0 Å². The summed E-state index contributed by atoms with van der Waals surface area (Å²) < 4.78 is 5.06. The molecule has 0 fully saturated rings. The zero-order valence-electron chi connectivity index (χ0n) is 10.9. The third kappa shape index (κ3) is 2.32. The van der Waals surface area contributed by atoms with E-state index in [2.05, 4.69) is 0 Å². The zero-order valence-corrected chi connectivity index (χ0v) is 10.9. The van der Waals surface area contributed by atoms with Crippen molar-refractivity contribution in [2.45, 2.75) is 31.8 Å². The summed E-state index contributed by atoms with van der Waals surface area (Å²) >= 11 is 0. The molecule has 1 unspecified atom stereocenters. The van der Waals surface area contributed by atoms with Gasteiger partial charge in [-0.1, -0.05) is 18.2 Å². The van der Waals surface area contributed by atoms with Crippen LogP contribution in [-0.4, -0.2) is 10.0 Å². The molecule has 1 heterocycles. The first-order valence-corrected chi connectivity index (χ1v) is 6.69. The maximum Gasteiger partial charge on any atom is 0.433 e. The van der Waals surface area contributed by atoms with Crippen LogP contribution < -0.4 is 0 Å². The minimum Gasteiger partial charge on any atom is -0.403 e. The summed E-state index contributed by atoms with van der Waals surface area (Å²) in [5, 5.41) is 20.9. The second-order valence-electron chi connectivity index (χ2n) is 5.07. The molecule has 0 bridgehead atoms. The van der Waals surface area contributed by atoms with Crippen LogP contribution in [-0.2, 0) is 12.8 Å². The second kappa shape index (κ2) is 5.09. The van der Waals surface area contributed by atoms with Crippen molar-refractivity contribution in [3.63, 3.8) is 0 Å². The Hall–Kier alpha value is -2.14. The molecule has 104 valence electrons. The molecule has 1 aliphatic carbocycles. The molecule has 0 saturated heterocycles. The lowest BCUT2D eigenvalue weighted by atomic mass is 9.89. The quantitative estimate of drug-likeness (QED) is 0.688. The summed E-state index contributed by atoms with van der Waals surface area (Å²) in [5.41, 5.74) is 3.31. The normalized spacial score (nSPS) is 15.7. The molecule has 1 aromatic carbocycles. The Labute approximate surface area is 116 Å². The number of rotatable bonds is 3. The van der Waals surface area contributed by atoms with E-state index in [1.54, 1.807) is 0 Å². The molecule has 2 aromatic rings. The lowest BCUT2D eigenvalue weighted by Gasteiger charge is -2.17. The third-order valence-electron chi connectivity index (χ3n) is 3.75. The van der Waals surface area contributed by atoms with Gasteiger partial charge in [-0.2, -0.15) is 0 Å². The van der Waals surface area contributed by atoms with Crippen LogP contribution in [0.2, 0.25) is 0 Å². The third-order valence-corrected chi connectivity index (χ3v) is 3.75. The van der Waals surface area contributed by atoms with Crippen LogP contribution in [0.25, 0.3) is 0 Å². The lowest BCUT2D eigenvalue weighted by molar-refractivity contribution is -0.402. The van der Waals surface area contributed by atoms with E-state index in [1.807, 2.05) is 18.2 Å². The molecule has 0 saturated carbocycles. The average molecular weight is 273 g/mol. The number of aliphatic hydroxyl groups is 1. The predicted octanol–water partition coefficient (Wildman–Crippen LogP) is 3.15. The Balaban J connectivity index is 1.89. The van der Waals surface area contributed by atoms with Gasteiger partial charge in [-0.3, -0.25) is 10.1 Å². The standard InChI is InChI=1S/C15H15NO4/c17-15(13-7-8-14(20-13)16(18)19)12-6-5-10-3-1-2-4-11(10)9-12/h5-9,15,17H,1-4H2. The molecule has 0 aliphatic heterocycles. The Morgan fingerprint density at radius 2 is 1.90 bits per heavy atom. The second-order valence-corrected chi connectivity index (χ2v) is 5.07. The van der Waals surface area contributed by atoms with Crippen molar-refractivity contribution < 1.29 is 14.4 Å². The fourth-order valence-electron chi connectivity index (χ4n) is 2.68. The summed E-state index contributed by atoms with van der Waals surface area (Å²) in [5.74, 6) is -0.149. The number of aliphatic hydroxyl groups excluding tert-OH is 1. The molecule has 5 nitrogen and oxygen atoms in total. The van der Waals surface area contributed by atoms with Crippen LogP contribution in [0.5, 0.6) is 0 Å². The highest BCUT2D eigenvalue weighted by atomic mass is 16.6. The predicted molar refractivity (Wildman–Crippen MR) is 72.5 cm³/mol. The van der Waals surface area contributed by atoms with Gasteiger partial charge in [-0.15, -0.1) is 0 Å². The van der Waals surface area contributed by atoms with Gasteiger partial charge in [-0.25, -0.2) is 0 Å². The van der Waals surface area contributed by atoms with Crippen LogP contribution in [0.15, 0.2) is 34.7 Å². The molecule has 5 heteroatoms. The Morgan fingerprint density at radius 3 is 2.60 bits per heavy atom. The van der Waals surface area contributed by atoms with Gasteiger partial charge in [0.2, 0.25) is 0 Å². The summed E-state index contributed by atoms with van der Waals surface area (Å²) in [6.07, 6.45) is 3.51. The van der Waals surface area contributed by atoms with E-state index >= 15 is 0 Å². The molecule has 3 rings (SSSR count). The topological polar surface area (TPSA) is 76.5 Å². The molecule has 1 N–H and O–H groups in total. The van der Waals surface area contributed by atoms with Gasteiger partial charge in [0.05, 0.1) is 6.07 Å². The van der Waals surface area contributed by atoms with Crippen LogP contribution in [0, 0.1) is 10.1 Å². The SMILES string of the molecule is O=[N+]([O-])c1ccc(C(O)c2ccc3c(c2)CCCC3)o1. The summed E-state index contributed by atoms with van der Waals surface area (Å²) in [7, 11) is 0. The minimum absolute atomic E-state index is 0.201. The van der Waals surface area contributed by atoms with Gasteiger partial charge in [0.25, 0.3) is 0 Å². The summed E-state index contributed by atoms with van der Waals surface area (Å²) in [6.45, 7) is 0. The first-order chi connectivity index (χ1) is 9.65. The average Bonchev–Trinajstić information content (AvgIpc) is 2.96. The highest BCUT2D eigenvalue weighted by molar-refractivity contribution is 5.37. The number of nitrogens with zero attached hydrogens (tertiary/aromatic N) is 1. The van der Waals surface area contributed by atoms with Crippen molar-refractivity contribution in [2.75, 3.05) is 0 Å². The van der Waals surface area contributed by atoms with Gasteiger partial charge < -0.3 is 9.52 Å². The number of aryl methyl sites for hydroxylation is 2. The molecular weight excluding hydrogens is 258 g/mol. The maximum atomic E-state index is 10.6. The Kier molecular flexibility index (Phi) is 3.28. The van der Waals surface area contributed by atoms with Gasteiger partial charge in [0.1, 0.15) is 16.8 Å². The van der Waals surface area contributed by atoms with Crippen molar-refractivity contribution in [1.29, 1.82) is 0 Å². The van der Waals surface area contributed by atoms with E-state index in [9.17, 15) is 15.2 Å². The van der Waals surface area contributed by atoms with E-state index in [0.29, 0.717) is 0 Å². The minimum atomic E-state index is -0.962. The number of nitro groups is 1. The summed E-state index contributed by atoms with van der Waals surface area (Å²) in [4.78, 5) is 9.99. The Bertz CT molecular complexity index is 647. The van der Waals surface area contributed by atoms with Gasteiger partial charge >= 0.3 is 5.88 Å². The number of hydrogen-bond donors (Lipinski definition) is 1. The number of hydrogen-bond acceptors (Lipinski definition) is 4. The van der Waals surface area contributed by atoms with Crippen LogP contribution >= 0.6 is 0 Å². The van der Waals surface area contributed by atoms with Gasteiger partial charge in [0.15, 0.2) is 0 Å². The first-order valence-electron chi connectivity index (χ1n) is 6.69. The molecule has 1 atom stereocenters. The Morgan fingerprint density at radius 1 is 1.15 bits per heavy atom. The van der Waals surface area contributed by atoms with Gasteiger partial charge in [0, 0.05) is 0 Å². The highest BCUT2D eigenvalue weighted by Gasteiger charge is 2.20. The molecule has 0 radical (unpaired) electrons. The molecule has 20 heavy (non-hydrogen) atoms. The van der Waals surface area contributed by atoms with E-state index in [0.717, 1.165) is 18.4 Å². The summed E-state index contributed by atoms with van der Waals surface area (Å²) in [6, 6.07) is 8.58. The van der Waals surface area contributed by atoms with Crippen LogP contribution in [0.4, 0.5) is 5.88 Å². The highest BCUT2D eigenvalue weighted by Crippen LogP contribution is 2.30. The molecule has 1 aliphatic rings. The van der Waals surface area contributed by atoms with E-state index in [-0.39, 0.29) is 11.6 Å².